The zero-order valence-corrected chi connectivity index (χ0v) is 10.2. The summed E-state index contributed by atoms with van der Waals surface area (Å²) in [5.74, 6) is -0.119. The summed E-state index contributed by atoms with van der Waals surface area (Å²) in [6.07, 6.45) is 2.37. The minimum Gasteiger partial charge on any atom is -1.00 e. The third-order valence-corrected chi connectivity index (χ3v) is 1.77. The van der Waals surface area contributed by atoms with Crippen LogP contribution in [0.2, 0.25) is 0 Å². The van der Waals surface area contributed by atoms with E-state index in [0.29, 0.717) is 5.41 Å². The maximum atomic E-state index is 10.9. The Hall–Kier alpha value is -0.540. The Bertz CT molecular complexity index is 187. The van der Waals surface area contributed by atoms with E-state index in [0.717, 1.165) is 18.0 Å². The topological polar surface area (TPSA) is 33.5 Å². The number of amides is 1. The lowest BCUT2D eigenvalue weighted by Gasteiger charge is -2.20. The van der Waals surface area contributed by atoms with E-state index in [4.69, 9.17) is 0 Å². The Morgan fingerprint density at radius 2 is 2.00 bits per heavy atom. The first-order valence-electron chi connectivity index (χ1n) is 4.61. The molecule has 0 rings (SSSR count). The van der Waals surface area contributed by atoms with Gasteiger partial charge in [0.25, 0.3) is 5.91 Å². The molecule has 0 aromatic heterocycles. The van der Waals surface area contributed by atoms with Crippen LogP contribution in [0.5, 0.6) is 0 Å². The molecule has 1 unspecified atom stereocenters. The highest BCUT2D eigenvalue weighted by atomic mass is 35.5. The zero-order valence-electron chi connectivity index (χ0n) is 9.48. The quantitative estimate of drug-likeness (QED) is 0.389. The average Bonchev–Trinajstić information content (AvgIpc) is 1.99. The summed E-state index contributed by atoms with van der Waals surface area (Å²) >= 11 is 0. The van der Waals surface area contributed by atoms with E-state index in [1.165, 1.54) is 6.08 Å². The number of carbonyl (C=O) groups is 1. The Morgan fingerprint density at radius 3 is 2.36 bits per heavy atom. The van der Waals surface area contributed by atoms with Crippen molar-refractivity contribution in [2.75, 3.05) is 13.6 Å². The summed E-state index contributed by atoms with van der Waals surface area (Å²) in [5.41, 5.74) is 3.08. The third kappa shape index (κ3) is 9.55. The number of halogens is 1. The first-order chi connectivity index (χ1) is 5.85. The summed E-state index contributed by atoms with van der Waals surface area (Å²) in [4.78, 5) is 10.9. The van der Waals surface area contributed by atoms with Gasteiger partial charge >= 0.3 is 0 Å². The van der Waals surface area contributed by atoms with Crippen molar-refractivity contribution in [1.82, 2.24) is 5.43 Å². The maximum Gasteiger partial charge on any atom is 0.288 e. The normalized spacial score (nSPS) is 12.6. The summed E-state index contributed by atoms with van der Waals surface area (Å²) in [5, 5.41) is 1.01. The van der Waals surface area contributed by atoms with Gasteiger partial charge in [-0.2, -0.15) is 5.43 Å². The van der Waals surface area contributed by atoms with Gasteiger partial charge in [-0.1, -0.05) is 27.4 Å². The first kappa shape index (κ1) is 15.9. The van der Waals surface area contributed by atoms with Gasteiger partial charge in [-0.25, -0.2) is 5.01 Å². The lowest BCUT2D eigenvalue weighted by atomic mass is 9.92. The van der Waals surface area contributed by atoms with Crippen LogP contribution in [0.4, 0.5) is 0 Å². The molecule has 0 fully saturated rings. The van der Waals surface area contributed by atoms with Gasteiger partial charge in [0, 0.05) is 12.5 Å². The van der Waals surface area contributed by atoms with Crippen molar-refractivity contribution in [1.29, 1.82) is 0 Å². The molecule has 0 aliphatic rings. The van der Waals surface area contributed by atoms with Crippen LogP contribution in [0, 0.1) is 5.41 Å². The summed E-state index contributed by atoms with van der Waals surface area (Å²) in [6, 6.07) is 0. The highest BCUT2D eigenvalue weighted by Crippen LogP contribution is 2.16. The van der Waals surface area contributed by atoms with Crippen molar-refractivity contribution < 1.29 is 22.2 Å². The predicted molar refractivity (Wildman–Crippen MR) is 54.2 cm³/mol. The van der Waals surface area contributed by atoms with E-state index >= 15 is 0 Å². The molecule has 14 heavy (non-hydrogen) atoms. The van der Waals surface area contributed by atoms with Crippen molar-refractivity contribution in [2.24, 2.45) is 5.41 Å². The van der Waals surface area contributed by atoms with E-state index < -0.39 is 0 Å². The second-order valence-electron chi connectivity index (χ2n) is 4.53. The lowest BCUT2D eigenvalue weighted by molar-refractivity contribution is -0.917. The van der Waals surface area contributed by atoms with Crippen molar-refractivity contribution in [3.8, 4) is 0 Å². The van der Waals surface area contributed by atoms with Gasteiger partial charge in [0.15, 0.2) is 0 Å². The molecule has 0 saturated carbocycles. The fourth-order valence-corrected chi connectivity index (χ4v) is 0.886. The van der Waals surface area contributed by atoms with Crippen LogP contribution in [0.3, 0.4) is 0 Å². The number of hydrogen-bond acceptors (Lipinski definition) is 1. The molecule has 0 saturated heterocycles. The average molecular weight is 221 g/mol. The molecule has 0 heterocycles. The van der Waals surface area contributed by atoms with Crippen molar-refractivity contribution in [3.05, 3.63) is 12.7 Å². The summed E-state index contributed by atoms with van der Waals surface area (Å²) < 4.78 is 0. The molecule has 84 valence electrons. The number of carbonyl (C=O) groups excluding carboxylic acids is 1. The molecule has 0 radical (unpaired) electrons. The van der Waals surface area contributed by atoms with E-state index in [2.05, 4.69) is 32.8 Å². The van der Waals surface area contributed by atoms with Crippen LogP contribution in [-0.2, 0) is 4.79 Å². The molecule has 0 aliphatic heterocycles. The Morgan fingerprint density at radius 1 is 1.50 bits per heavy atom. The van der Waals surface area contributed by atoms with Gasteiger partial charge in [0.2, 0.25) is 0 Å². The van der Waals surface area contributed by atoms with Gasteiger partial charge in [0.1, 0.15) is 0 Å². The SMILES string of the molecule is C=CC(=O)N[NH+](C)CCC(C)(C)C.[Cl-]. The fraction of sp³-hybridized carbons (Fsp3) is 0.700. The summed E-state index contributed by atoms with van der Waals surface area (Å²) in [7, 11) is 1.94. The van der Waals surface area contributed by atoms with Crippen molar-refractivity contribution in [2.45, 2.75) is 27.2 Å². The Kier molecular flexibility index (Phi) is 7.78. The molecule has 0 aliphatic carbocycles. The number of hydrogen-bond donors (Lipinski definition) is 2. The molecule has 1 atom stereocenters. The van der Waals surface area contributed by atoms with E-state index in [9.17, 15) is 4.79 Å². The Balaban J connectivity index is 0. The van der Waals surface area contributed by atoms with E-state index in [-0.39, 0.29) is 18.3 Å². The van der Waals surface area contributed by atoms with Gasteiger partial charge in [-0.3, -0.25) is 4.79 Å². The standard InChI is InChI=1S/C10H20N2O.ClH/c1-6-9(13)11-12(5)8-7-10(2,3)4;/h6H,1,7-8H2,2-5H3,(H,11,13);1H. The lowest BCUT2D eigenvalue weighted by Crippen LogP contribution is -3.16. The molecule has 4 heteroatoms. The van der Waals surface area contributed by atoms with Crippen LogP contribution >= 0.6 is 0 Å². The Labute approximate surface area is 92.9 Å². The van der Waals surface area contributed by atoms with Gasteiger partial charge < -0.3 is 12.4 Å². The largest absolute Gasteiger partial charge is 1.00 e. The van der Waals surface area contributed by atoms with Crippen molar-refractivity contribution in [3.63, 3.8) is 0 Å². The fourth-order valence-electron chi connectivity index (χ4n) is 0.886. The molecular weight excluding hydrogens is 200 g/mol. The van der Waals surface area contributed by atoms with Gasteiger partial charge in [0.05, 0.1) is 13.6 Å². The molecule has 0 bridgehead atoms. The van der Waals surface area contributed by atoms with Crippen molar-refractivity contribution >= 4 is 5.91 Å². The molecule has 0 spiro atoms. The number of quaternary nitrogens is 1. The maximum absolute atomic E-state index is 10.9. The smallest absolute Gasteiger partial charge is 0.288 e. The van der Waals surface area contributed by atoms with Crippen LogP contribution in [0.25, 0.3) is 0 Å². The minimum atomic E-state index is -0.119. The van der Waals surface area contributed by atoms with Crippen LogP contribution in [0.1, 0.15) is 27.2 Å². The van der Waals surface area contributed by atoms with E-state index in [1.54, 1.807) is 0 Å². The third-order valence-electron chi connectivity index (χ3n) is 1.77. The molecule has 0 aromatic rings. The zero-order chi connectivity index (χ0) is 10.5. The highest BCUT2D eigenvalue weighted by Gasteiger charge is 2.13. The van der Waals surface area contributed by atoms with Gasteiger partial charge in [-0.05, 0) is 5.41 Å². The van der Waals surface area contributed by atoms with E-state index in [1.807, 2.05) is 7.05 Å². The minimum absolute atomic E-state index is 0. The summed E-state index contributed by atoms with van der Waals surface area (Å²) in [6.45, 7) is 10.9. The molecular formula is C10H21ClN2O. The number of nitrogens with one attached hydrogen (secondary N) is 2. The van der Waals surface area contributed by atoms with Gasteiger partial charge in [-0.15, -0.1) is 0 Å². The molecule has 3 nitrogen and oxygen atoms in total. The predicted octanol–water partition coefficient (Wildman–Crippen LogP) is -2.84. The van der Waals surface area contributed by atoms with Crippen LogP contribution in [0.15, 0.2) is 12.7 Å². The molecule has 0 aromatic carbocycles. The second-order valence-corrected chi connectivity index (χ2v) is 4.53. The highest BCUT2D eigenvalue weighted by molar-refractivity contribution is 5.85. The second kappa shape index (κ2) is 6.85. The van der Waals surface area contributed by atoms with Crippen LogP contribution in [-0.4, -0.2) is 19.5 Å². The molecule has 2 N–H and O–H groups in total. The monoisotopic (exact) mass is 220 g/mol. The molecule has 1 amide bonds. The number of rotatable bonds is 4. The first-order valence-corrected chi connectivity index (χ1v) is 4.61. The van der Waals surface area contributed by atoms with Crippen LogP contribution < -0.4 is 22.8 Å².